The van der Waals surface area contributed by atoms with Crippen LogP contribution in [-0.2, 0) is 4.79 Å². The number of carbonyl (C=O) groups excluding carboxylic acids is 1. The molecule has 100 valence electrons. The van der Waals surface area contributed by atoms with Gasteiger partial charge in [0.05, 0.1) is 0 Å². The van der Waals surface area contributed by atoms with Gasteiger partial charge in [0.1, 0.15) is 0 Å². The topological polar surface area (TPSA) is 46.3 Å². The van der Waals surface area contributed by atoms with E-state index in [1.165, 1.54) is 12.8 Å². The van der Waals surface area contributed by atoms with Gasteiger partial charge in [-0.25, -0.2) is 0 Å². The van der Waals surface area contributed by atoms with Crippen molar-refractivity contribution >= 4 is 5.91 Å². The van der Waals surface area contributed by atoms with Crippen molar-refractivity contribution in [2.45, 2.75) is 38.6 Å². The lowest BCUT2D eigenvalue weighted by atomic mass is 10.0. The fourth-order valence-electron chi connectivity index (χ4n) is 1.89. The summed E-state index contributed by atoms with van der Waals surface area (Å²) in [7, 11) is 1.86. The second-order valence-corrected chi connectivity index (χ2v) is 4.74. The number of nitrogens with zero attached hydrogens (tertiary/aromatic N) is 1. The van der Waals surface area contributed by atoms with E-state index in [0.717, 1.165) is 18.5 Å². The molecule has 0 heterocycles. The summed E-state index contributed by atoms with van der Waals surface area (Å²) >= 11 is 0. The first-order valence-electron chi connectivity index (χ1n) is 6.69. The zero-order valence-electron chi connectivity index (χ0n) is 11.4. The van der Waals surface area contributed by atoms with E-state index in [2.05, 4.69) is 6.92 Å². The minimum atomic E-state index is -0.202. The number of carbonyl (C=O) groups is 1. The summed E-state index contributed by atoms with van der Waals surface area (Å²) < 4.78 is 0. The summed E-state index contributed by atoms with van der Waals surface area (Å²) in [5.41, 5.74) is 7.06. The quantitative estimate of drug-likeness (QED) is 0.754. The maximum atomic E-state index is 12.0. The minimum Gasteiger partial charge on any atom is -0.346 e. The Morgan fingerprint density at radius 1 is 1.28 bits per heavy atom. The first-order chi connectivity index (χ1) is 8.65. The molecule has 0 fully saturated rings. The van der Waals surface area contributed by atoms with Crippen LogP contribution in [0.1, 0.15) is 44.2 Å². The third-order valence-electron chi connectivity index (χ3n) is 3.15. The van der Waals surface area contributed by atoms with E-state index in [0.29, 0.717) is 6.42 Å². The molecular formula is C15H24N2O. The molecule has 1 amide bonds. The Balaban J connectivity index is 2.39. The Morgan fingerprint density at radius 2 is 1.94 bits per heavy atom. The van der Waals surface area contributed by atoms with E-state index in [-0.39, 0.29) is 11.9 Å². The average molecular weight is 248 g/mol. The normalized spacial score (nSPS) is 12.2. The number of amides is 1. The van der Waals surface area contributed by atoms with E-state index < -0.39 is 0 Å². The molecule has 1 rings (SSSR count). The molecule has 0 radical (unpaired) electrons. The van der Waals surface area contributed by atoms with Crippen LogP contribution >= 0.6 is 0 Å². The van der Waals surface area contributed by atoms with Crippen molar-refractivity contribution in [1.82, 2.24) is 4.90 Å². The van der Waals surface area contributed by atoms with Crippen LogP contribution < -0.4 is 5.73 Å². The molecular weight excluding hydrogens is 224 g/mol. The van der Waals surface area contributed by atoms with E-state index in [1.807, 2.05) is 37.4 Å². The first-order valence-corrected chi connectivity index (χ1v) is 6.69. The van der Waals surface area contributed by atoms with Crippen LogP contribution in [0.25, 0.3) is 0 Å². The Bertz CT molecular complexity index is 351. The molecule has 0 saturated heterocycles. The highest BCUT2D eigenvalue weighted by atomic mass is 16.2. The van der Waals surface area contributed by atoms with Gasteiger partial charge in [0.2, 0.25) is 5.91 Å². The molecule has 3 nitrogen and oxygen atoms in total. The highest BCUT2D eigenvalue weighted by molar-refractivity contribution is 5.76. The van der Waals surface area contributed by atoms with E-state index >= 15 is 0 Å². The maximum absolute atomic E-state index is 12.0. The van der Waals surface area contributed by atoms with Crippen LogP contribution in [0, 0.1) is 0 Å². The SMILES string of the molecule is CCCCCN(C)C(=O)CC(N)c1ccccc1. The van der Waals surface area contributed by atoms with Gasteiger partial charge < -0.3 is 10.6 Å². The standard InChI is InChI=1S/C15H24N2O/c1-3-4-8-11-17(2)15(18)12-14(16)13-9-6-5-7-10-13/h5-7,9-10,14H,3-4,8,11-12,16H2,1-2H3. The minimum absolute atomic E-state index is 0.127. The molecule has 0 aliphatic rings. The third-order valence-corrected chi connectivity index (χ3v) is 3.15. The van der Waals surface area contributed by atoms with E-state index in [4.69, 9.17) is 5.73 Å². The van der Waals surface area contributed by atoms with E-state index in [1.54, 1.807) is 4.90 Å². The molecule has 1 aromatic carbocycles. The first kappa shape index (κ1) is 14.7. The van der Waals surface area contributed by atoms with Crippen molar-refractivity contribution in [3.05, 3.63) is 35.9 Å². The second-order valence-electron chi connectivity index (χ2n) is 4.74. The van der Waals surface area contributed by atoms with Gasteiger partial charge in [0.25, 0.3) is 0 Å². The summed E-state index contributed by atoms with van der Waals surface area (Å²) in [6, 6.07) is 9.58. The summed E-state index contributed by atoms with van der Waals surface area (Å²) in [4.78, 5) is 13.8. The predicted molar refractivity (Wildman–Crippen MR) is 75.1 cm³/mol. The fourth-order valence-corrected chi connectivity index (χ4v) is 1.89. The van der Waals surface area contributed by atoms with Gasteiger partial charge in [-0.1, -0.05) is 50.1 Å². The third kappa shape index (κ3) is 4.88. The zero-order chi connectivity index (χ0) is 13.4. The molecule has 0 bridgehead atoms. The number of rotatable bonds is 7. The van der Waals surface area contributed by atoms with Gasteiger partial charge >= 0.3 is 0 Å². The molecule has 18 heavy (non-hydrogen) atoms. The van der Waals surface area contributed by atoms with Crippen molar-refractivity contribution in [3.8, 4) is 0 Å². The molecule has 0 spiro atoms. The summed E-state index contributed by atoms with van der Waals surface area (Å²) in [5.74, 6) is 0.127. The van der Waals surface area contributed by atoms with Crippen molar-refractivity contribution < 1.29 is 4.79 Å². The van der Waals surface area contributed by atoms with Crippen LogP contribution in [0.2, 0.25) is 0 Å². The van der Waals surface area contributed by atoms with Crippen LogP contribution in [-0.4, -0.2) is 24.4 Å². The monoisotopic (exact) mass is 248 g/mol. The van der Waals surface area contributed by atoms with Gasteiger partial charge in [-0.2, -0.15) is 0 Å². The Morgan fingerprint density at radius 3 is 2.56 bits per heavy atom. The molecule has 1 atom stereocenters. The highest BCUT2D eigenvalue weighted by Crippen LogP contribution is 2.14. The largest absolute Gasteiger partial charge is 0.346 e. The summed E-state index contributed by atoms with van der Waals surface area (Å²) in [5, 5.41) is 0. The number of hydrogen-bond donors (Lipinski definition) is 1. The highest BCUT2D eigenvalue weighted by Gasteiger charge is 2.14. The molecule has 0 saturated carbocycles. The van der Waals surface area contributed by atoms with Crippen molar-refractivity contribution in [2.24, 2.45) is 5.73 Å². The lowest BCUT2D eigenvalue weighted by Gasteiger charge is -2.19. The van der Waals surface area contributed by atoms with Gasteiger partial charge in [0.15, 0.2) is 0 Å². The van der Waals surface area contributed by atoms with Crippen LogP contribution in [0.4, 0.5) is 0 Å². The van der Waals surface area contributed by atoms with E-state index in [9.17, 15) is 4.79 Å². The fraction of sp³-hybridized carbons (Fsp3) is 0.533. The Kier molecular flexibility index (Phi) is 6.44. The van der Waals surface area contributed by atoms with Gasteiger partial charge in [-0.3, -0.25) is 4.79 Å². The lowest BCUT2D eigenvalue weighted by Crippen LogP contribution is -2.30. The summed E-state index contributed by atoms with van der Waals surface area (Å²) in [6.45, 7) is 2.99. The number of nitrogens with two attached hydrogens (primary N) is 1. The molecule has 1 unspecified atom stereocenters. The predicted octanol–water partition coefficient (Wildman–Crippen LogP) is 2.73. The molecule has 2 N–H and O–H groups in total. The molecule has 1 aromatic rings. The lowest BCUT2D eigenvalue weighted by molar-refractivity contribution is -0.130. The smallest absolute Gasteiger partial charge is 0.224 e. The van der Waals surface area contributed by atoms with Crippen molar-refractivity contribution in [1.29, 1.82) is 0 Å². The van der Waals surface area contributed by atoms with Crippen LogP contribution in [0.15, 0.2) is 30.3 Å². The number of benzene rings is 1. The van der Waals surface area contributed by atoms with Crippen molar-refractivity contribution in [3.63, 3.8) is 0 Å². The molecule has 0 aliphatic heterocycles. The number of unbranched alkanes of at least 4 members (excludes halogenated alkanes) is 2. The molecule has 0 aromatic heterocycles. The zero-order valence-corrected chi connectivity index (χ0v) is 11.4. The second kappa shape index (κ2) is 7.88. The van der Waals surface area contributed by atoms with Crippen LogP contribution in [0.3, 0.4) is 0 Å². The molecule has 3 heteroatoms. The van der Waals surface area contributed by atoms with Gasteiger partial charge in [-0.05, 0) is 12.0 Å². The Labute approximate surface area is 110 Å². The van der Waals surface area contributed by atoms with Crippen molar-refractivity contribution in [2.75, 3.05) is 13.6 Å². The maximum Gasteiger partial charge on any atom is 0.224 e. The average Bonchev–Trinajstić information content (AvgIpc) is 2.39. The van der Waals surface area contributed by atoms with Gasteiger partial charge in [-0.15, -0.1) is 0 Å². The van der Waals surface area contributed by atoms with Gasteiger partial charge in [0, 0.05) is 26.1 Å². The number of hydrogen-bond acceptors (Lipinski definition) is 2. The molecule has 0 aliphatic carbocycles. The summed E-state index contributed by atoms with van der Waals surface area (Å²) in [6.07, 6.45) is 3.79. The van der Waals surface area contributed by atoms with Crippen LogP contribution in [0.5, 0.6) is 0 Å². The Hall–Kier alpha value is -1.35.